The van der Waals surface area contributed by atoms with E-state index in [1.165, 1.54) is 0 Å². The van der Waals surface area contributed by atoms with Gasteiger partial charge in [-0.3, -0.25) is 14.3 Å². The van der Waals surface area contributed by atoms with Crippen molar-refractivity contribution in [2.75, 3.05) is 23.0 Å². The third-order valence-corrected chi connectivity index (χ3v) is 8.97. The molecule has 1 saturated heterocycles. The van der Waals surface area contributed by atoms with Gasteiger partial charge in [0.05, 0.1) is 30.5 Å². The Labute approximate surface area is 263 Å². The molecule has 2 aliphatic heterocycles. The molecule has 45 heavy (non-hydrogen) atoms. The summed E-state index contributed by atoms with van der Waals surface area (Å²) < 4.78 is 1.74. The first-order valence-electron chi connectivity index (χ1n) is 15.7. The van der Waals surface area contributed by atoms with Crippen LogP contribution in [0.3, 0.4) is 0 Å². The first-order valence-corrected chi connectivity index (χ1v) is 15.7. The second-order valence-electron chi connectivity index (χ2n) is 11.9. The zero-order valence-electron chi connectivity index (χ0n) is 25.5. The lowest BCUT2D eigenvalue weighted by atomic mass is 9.83. The second-order valence-corrected chi connectivity index (χ2v) is 11.9. The van der Waals surface area contributed by atoms with Crippen LogP contribution in [0.4, 0.5) is 11.4 Å². The minimum atomic E-state index is -1.71. The van der Waals surface area contributed by atoms with E-state index in [4.69, 9.17) is 0 Å². The third-order valence-electron chi connectivity index (χ3n) is 8.97. The Morgan fingerprint density at radius 3 is 2.60 bits per heavy atom. The summed E-state index contributed by atoms with van der Waals surface area (Å²) in [7, 11) is 0. The number of aliphatic hydroxyl groups excluding tert-OH is 1. The molecular weight excluding hydrogens is 566 g/mol. The molecule has 0 saturated carbocycles. The molecule has 0 aliphatic carbocycles. The molecule has 0 bridgehead atoms. The Kier molecular flexibility index (Phi) is 8.91. The van der Waals surface area contributed by atoms with Crippen LogP contribution in [0, 0.1) is 5.92 Å². The number of nitrogens with zero attached hydrogens (tertiary/aromatic N) is 5. The summed E-state index contributed by atoms with van der Waals surface area (Å²) in [6.45, 7) is 3.35. The number of carbonyl (C=O) groups excluding carboxylic acids is 2. The third kappa shape index (κ3) is 6.06. The summed E-state index contributed by atoms with van der Waals surface area (Å²) in [5, 5.41) is 30.5. The highest BCUT2D eigenvalue weighted by Gasteiger charge is 2.52. The number of allylic oxidation sites excluding steroid dienone is 1. The van der Waals surface area contributed by atoms with Crippen LogP contribution in [0.2, 0.25) is 0 Å². The van der Waals surface area contributed by atoms with Gasteiger partial charge >= 0.3 is 0 Å². The van der Waals surface area contributed by atoms with E-state index in [1.54, 1.807) is 9.58 Å². The van der Waals surface area contributed by atoms with E-state index in [-0.39, 0.29) is 30.9 Å². The fourth-order valence-corrected chi connectivity index (χ4v) is 6.43. The lowest BCUT2D eigenvalue weighted by Gasteiger charge is -2.28. The van der Waals surface area contributed by atoms with Crippen LogP contribution in [0.25, 0.3) is 0 Å². The van der Waals surface area contributed by atoms with Crippen LogP contribution in [0.1, 0.15) is 60.9 Å². The summed E-state index contributed by atoms with van der Waals surface area (Å²) in [5.41, 5.74) is 2.99. The number of hydrogen-bond donors (Lipinski definition) is 2. The van der Waals surface area contributed by atoms with Gasteiger partial charge in [-0.2, -0.15) is 0 Å². The number of piperidine rings is 1. The van der Waals surface area contributed by atoms with Crippen molar-refractivity contribution in [3.8, 4) is 0 Å². The van der Waals surface area contributed by atoms with Crippen molar-refractivity contribution in [2.45, 2.75) is 57.2 Å². The van der Waals surface area contributed by atoms with Crippen molar-refractivity contribution in [2.24, 2.45) is 5.92 Å². The first-order chi connectivity index (χ1) is 21.9. The van der Waals surface area contributed by atoms with Crippen LogP contribution in [0.15, 0.2) is 97.2 Å². The number of aromatic nitrogens is 3. The van der Waals surface area contributed by atoms with Crippen LogP contribution in [-0.2, 0) is 28.3 Å². The number of benzene rings is 3. The fraction of sp³-hybridized carbons (Fsp3) is 0.333. The van der Waals surface area contributed by atoms with Crippen molar-refractivity contribution in [1.82, 2.24) is 15.0 Å². The van der Waals surface area contributed by atoms with E-state index in [1.807, 2.05) is 109 Å². The monoisotopic (exact) mass is 605 g/mol. The van der Waals surface area contributed by atoms with E-state index in [0.717, 1.165) is 29.7 Å². The Hall–Kier alpha value is -4.60. The predicted molar refractivity (Wildman–Crippen MR) is 172 cm³/mol. The molecule has 2 aliphatic rings. The van der Waals surface area contributed by atoms with Crippen LogP contribution >= 0.6 is 0 Å². The predicted octanol–water partition coefficient (Wildman–Crippen LogP) is 4.94. The lowest BCUT2D eigenvalue weighted by Crippen LogP contribution is -2.44. The number of para-hydroxylation sites is 1. The first kappa shape index (κ1) is 30.4. The zero-order chi connectivity index (χ0) is 31.4. The van der Waals surface area contributed by atoms with Crippen LogP contribution < -0.4 is 9.80 Å². The van der Waals surface area contributed by atoms with Crippen molar-refractivity contribution in [3.63, 3.8) is 0 Å². The molecule has 9 nitrogen and oxygen atoms in total. The molecular formula is C36H39N5O4. The second kappa shape index (κ2) is 13.2. The topological polar surface area (TPSA) is 112 Å². The molecule has 1 unspecified atom stereocenters. The number of anilines is 2. The number of amides is 2. The van der Waals surface area contributed by atoms with Crippen molar-refractivity contribution in [3.05, 3.63) is 120 Å². The van der Waals surface area contributed by atoms with E-state index in [9.17, 15) is 19.8 Å². The number of fused-ring (bicyclic) bond motifs is 1. The zero-order valence-corrected chi connectivity index (χ0v) is 25.5. The van der Waals surface area contributed by atoms with Crippen LogP contribution in [-0.4, -0.2) is 50.2 Å². The molecule has 3 atom stereocenters. The maximum atomic E-state index is 14.0. The van der Waals surface area contributed by atoms with Gasteiger partial charge in [-0.15, -0.1) is 5.10 Å². The molecule has 0 radical (unpaired) electrons. The van der Waals surface area contributed by atoms with E-state index in [2.05, 4.69) is 10.3 Å². The SMILES string of the molecule is C[C@H](/C=C/CCn1cc(C(CO)c2ccccc2)nn1)[C@@]1(O)C(=O)N(Cc2cccc(N3CCCCC3=O)c2)c2ccccc21. The summed E-state index contributed by atoms with van der Waals surface area (Å²) >= 11 is 0. The quantitative estimate of drug-likeness (QED) is 0.235. The average Bonchev–Trinajstić information content (AvgIpc) is 3.62. The molecule has 2 amide bonds. The summed E-state index contributed by atoms with van der Waals surface area (Å²) in [5.74, 6) is -0.966. The minimum Gasteiger partial charge on any atom is -0.395 e. The molecule has 0 spiro atoms. The maximum Gasteiger partial charge on any atom is 0.264 e. The van der Waals surface area contributed by atoms with Crippen molar-refractivity contribution >= 4 is 23.2 Å². The van der Waals surface area contributed by atoms with Crippen LogP contribution in [0.5, 0.6) is 0 Å². The maximum absolute atomic E-state index is 14.0. The molecule has 232 valence electrons. The Balaban J connectivity index is 1.14. The smallest absolute Gasteiger partial charge is 0.264 e. The van der Waals surface area contributed by atoms with E-state index in [0.29, 0.717) is 42.9 Å². The van der Waals surface area contributed by atoms with Gasteiger partial charge in [-0.05, 0) is 48.6 Å². The van der Waals surface area contributed by atoms with Gasteiger partial charge in [0, 0.05) is 42.9 Å². The Morgan fingerprint density at radius 2 is 1.80 bits per heavy atom. The van der Waals surface area contributed by atoms with Crippen molar-refractivity contribution in [1.29, 1.82) is 0 Å². The largest absolute Gasteiger partial charge is 0.395 e. The molecule has 9 heteroatoms. The number of carbonyl (C=O) groups is 2. The highest BCUT2D eigenvalue weighted by Crippen LogP contribution is 2.45. The molecule has 1 fully saturated rings. The molecule has 1 aromatic heterocycles. The number of hydrogen-bond acceptors (Lipinski definition) is 6. The van der Waals surface area contributed by atoms with Gasteiger partial charge < -0.3 is 20.0 Å². The van der Waals surface area contributed by atoms with Gasteiger partial charge in [-0.1, -0.05) is 85.0 Å². The summed E-state index contributed by atoms with van der Waals surface area (Å²) in [6.07, 6.45) is 8.77. The Morgan fingerprint density at radius 1 is 1.00 bits per heavy atom. The highest BCUT2D eigenvalue weighted by molar-refractivity contribution is 6.07. The average molecular weight is 606 g/mol. The van der Waals surface area contributed by atoms with Gasteiger partial charge in [-0.25, -0.2) is 0 Å². The fourth-order valence-electron chi connectivity index (χ4n) is 6.43. The number of rotatable bonds is 11. The standard InChI is InChI=1S/C36H39N5O4/c1-26(12-7-9-20-39-24-32(37-38-39)30(25-42)28-14-3-2-4-15-28)36(45)31-17-5-6-18-33(31)41(35(36)44)23-27-13-11-16-29(22-27)40-21-10-8-19-34(40)43/h2-7,11-18,22,24,26,30,42,45H,8-10,19-21,23,25H2,1H3/b12-7+/t26-,30?,36+/m1/s1. The number of aryl methyl sites for hydroxylation is 1. The molecule has 6 rings (SSSR count). The highest BCUT2D eigenvalue weighted by atomic mass is 16.3. The van der Waals surface area contributed by atoms with E-state index < -0.39 is 11.5 Å². The molecule has 3 aromatic carbocycles. The summed E-state index contributed by atoms with van der Waals surface area (Å²) in [6, 6.07) is 24.9. The minimum absolute atomic E-state index is 0.0607. The number of aliphatic hydroxyl groups is 2. The Bertz CT molecular complexity index is 1690. The molecule has 3 heterocycles. The molecule has 2 N–H and O–H groups in total. The summed E-state index contributed by atoms with van der Waals surface area (Å²) in [4.78, 5) is 30.0. The van der Waals surface area contributed by atoms with Crippen molar-refractivity contribution < 1.29 is 19.8 Å². The van der Waals surface area contributed by atoms with Gasteiger partial charge in [0.25, 0.3) is 5.91 Å². The van der Waals surface area contributed by atoms with E-state index >= 15 is 0 Å². The van der Waals surface area contributed by atoms with Gasteiger partial charge in [0.2, 0.25) is 5.91 Å². The molecule has 4 aromatic rings. The normalized spacial score (nSPS) is 19.7. The lowest BCUT2D eigenvalue weighted by molar-refractivity contribution is -0.139. The van der Waals surface area contributed by atoms with Gasteiger partial charge in [0.1, 0.15) is 0 Å². The van der Waals surface area contributed by atoms with Gasteiger partial charge in [0.15, 0.2) is 5.60 Å².